The summed E-state index contributed by atoms with van der Waals surface area (Å²) in [6.07, 6.45) is 1.75. The van der Waals surface area contributed by atoms with Crippen LogP contribution >= 0.6 is 0 Å². The van der Waals surface area contributed by atoms with Crippen molar-refractivity contribution in [1.82, 2.24) is 15.1 Å². The maximum Gasteiger partial charge on any atom is 0.225 e. The van der Waals surface area contributed by atoms with Crippen LogP contribution in [0.3, 0.4) is 0 Å². The molecule has 0 saturated heterocycles. The van der Waals surface area contributed by atoms with Crippen molar-refractivity contribution in [2.24, 2.45) is 7.05 Å². The minimum absolute atomic E-state index is 0.0310. The second kappa shape index (κ2) is 6.19. The van der Waals surface area contributed by atoms with Gasteiger partial charge in [0.25, 0.3) is 0 Å². The van der Waals surface area contributed by atoms with Crippen molar-refractivity contribution in [3.63, 3.8) is 0 Å². The van der Waals surface area contributed by atoms with Crippen molar-refractivity contribution in [2.45, 2.75) is 52.5 Å². The molecule has 0 bridgehead atoms. The molecule has 5 heteroatoms. The molecular formula is C14H25N3O2. The number of aromatic nitrogens is 2. The van der Waals surface area contributed by atoms with Crippen LogP contribution in [0.15, 0.2) is 0 Å². The number of hydrogen-bond donors (Lipinski definition) is 2. The Morgan fingerprint density at radius 1 is 1.37 bits per heavy atom. The summed E-state index contributed by atoms with van der Waals surface area (Å²) in [4.78, 5) is 12.2. The number of hydrogen-bond acceptors (Lipinski definition) is 3. The molecule has 0 aliphatic rings. The lowest BCUT2D eigenvalue weighted by Gasteiger charge is -2.30. The van der Waals surface area contributed by atoms with E-state index in [-0.39, 0.29) is 12.5 Å². The number of nitrogens with one attached hydrogen (secondary N) is 1. The topological polar surface area (TPSA) is 67.2 Å². The Labute approximate surface area is 115 Å². The van der Waals surface area contributed by atoms with Gasteiger partial charge in [-0.3, -0.25) is 9.48 Å². The third-order valence-corrected chi connectivity index (χ3v) is 4.06. The summed E-state index contributed by atoms with van der Waals surface area (Å²) in [7, 11) is 1.87. The zero-order valence-corrected chi connectivity index (χ0v) is 12.6. The summed E-state index contributed by atoms with van der Waals surface area (Å²) in [6, 6.07) is 0. The maximum absolute atomic E-state index is 12.2. The average Bonchev–Trinajstić information content (AvgIpc) is 2.63. The molecule has 1 aromatic rings. The van der Waals surface area contributed by atoms with Gasteiger partial charge in [0.1, 0.15) is 0 Å². The molecule has 0 aliphatic carbocycles. The molecule has 1 rings (SSSR count). The monoisotopic (exact) mass is 267 g/mol. The number of nitrogens with zero attached hydrogens (tertiary/aromatic N) is 2. The Morgan fingerprint density at radius 2 is 1.95 bits per heavy atom. The number of aryl methyl sites for hydroxylation is 2. The van der Waals surface area contributed by atoms with E-state index in [0.717, 1.165) is 29.8 Å². The molecule has 2 N–H and O–H groups in total. The predicted octanol–water partition coefficient (Wildman–Crippen LogP) is 1.25. The molecule has 0 radical (unpaired) electrons. The van der Waals surface area contributed by atoms with Crippen molar-refractivity contribution in [3.8, 4) is 0 Å². The molecule has 0 fully saturated rings. The lowest BCUT2D eigenvalue weighted by atomic mass is 9.93. The molecule has 108 valence electrons. The highest BCUT2D eigenvalue weighted by Gasteiger charge is 2.27. The van der Waals surface area contributed by atoms with Gasteiger partial charge < -0.3 is 10.4 Å². The maximum atomic E-state index is 12.2. The van der Waals surface area contributed by atoms with E-state index < -0.39 is 5.54 Å². The highest BCUT2D eigenvalue weighted by molar-refractivity contribution is 5.79. The number of carbonyl (C=O) groups is 1. The minimum atomic E-state index is -0.499. The molecule has 0 atom stereocenters. The molecule has 0 unspecified atom stereocenters. The first-order valence-electron chi connectivity index (χ1n) is 6.80. The van der Waals surface area contributed by atoms with Gasteiger partial charge in [-0.25, -0.2) is 0 Å². The quantitative estimate of drug-likeness (QED) is 0.815. The van der Waals surface area contributed by atoms with Crippen LogP contribution in [-0.2, 0) is 18.3 Å². The highest BCUT2D eigenvalue weighted by Crippen LogP contribution is 2.16. The Morgan fingerprint density at radius 3 is 2.32 bits per heavy atom. The summed E-state index contributed by atoms with van der Waals surface area (Å²) in [5.41, 5.74) is 2.37. The zero-order valence-electron chi connectivity index (χ0n) is 12.6. The largest absolute Gasteiger partial charge is 0.394 e. The first-order chi connectivity index (χ1) is 8.89. The lowest BCUT2D eigenvalue weighted by molar-refractivity contribution is -0.123. The van der Waals surface area contributed by atoms with Crippen LogP contribution in [0.4, 0.5) is 0 Å². The predicted molar refractivity (Wildman–Crippen MR) is 74.9 cm³/mol. The summed E-state index contributed by atoms with van der Waals surface area (Å²) in [6.45, 7) is 7.79. The van der Waals surface area contributed by atoms with Gasteiger partial charge in [-0.05, 0) is 26.7 Å². The van der Waals surface area contributed by atoms with Crippen molar-refractivity contribution in [3.05, 3.63) is 17.0 Å². The number of carbonyl (C=O) groups excluding carboxylic acids is 1. The van der Waals surface area contributed by atoms with E-state index >= 15 is 0 Å². The van der Waals surface area contributed by atoms with Gasteiger partial charge in [0.2, 0.25) is 5.91 Å². The second-order valence-corrected chi connectivity index (χ2v) is 5.14. The Bertz CT molecular complexity index is 440. The summed E-state index contributed by atoms with van der Waals surface area (Å²) < 4.78 is 1.79. The number of rotatable bonds is 6. The Balaban J connectivity index is 2.80. The minimum Gasteiger partial charge on any atom is -0.394 e. The van der Waals surface area contributed by atoms with Gasteiger partial charge in [-0.1, -0.05) is 13.8 Å². The van der Waals surface area contributed by atoms with Crippen molar-refractivity contribution in [1.29, 1.82) is 0 Å². The molecule has 0 aromatic carbocycles. The Kier molecular flexibility index (Phi) is 5.11. The lowest BCUT2D eigenvalue weighted by Crippen LogP contribution is -2.51. The van der Waals surface area contributed by atoms with E-state index in [2.05, 4.69) is 10.4 Å². The van der Waals surface area contributed by atoms with Gasteiger partial charge in [0, 0.05) is 18.3 Å². The smallest absolute Gasteiger partial charge is 0.225 e. The first kappa shape index (κ1) is 15.7. The zero-order chi connectivity index (χ0) is 14.6. The van der Waals surface area contributed by atoms with Crippen LogP contribution in [0.1, 0.15) is 43.6 Å². The first-order valence-corrected chi connectivity index (χ1v) is 6.80. The SMILES string of the molecule is CCC(CC)(CO)NC(=O)Cc1c(C)nn(C)c1C. The van der Waals surface area contributed by atoms with E-state index in [0.29, 0.717) is 6.42 Å². The van der Waals surface area contributed by atoms with Crippen LogP contribution < -0.4 is 5.32 Å². The van der Waals surface area contributed by atoms with Gasteiger partial charge >= 0.3 is 0 Å². The Hall–Kier alpha value is -1.36. The van der Waals surface area contributed by atoms with Crippen LogP contribution in [0, 0.1) is 13.8 Å². The van der Waals surface area contributed by atoms with E-state index in [1.54, 1.807) is 4.68 Å². The van der Waals surface area contributed by atoms with Gasteiger partial charge in [0.15, 0.2) is 0 Å². The van der Waals surface area contributed by atoms with Gasteiger partial charge in [0.05, 0.1) is 24.3 Å². The fraction of sp³-hybridized carbons (Fsp3) is 0.714. The van der Waals surface area contributed by atoms with E-state index in [4.69, 9.17) is 0 Å². The number of aliphatic hydroxyl groups is 1. The number of amides is 1. The molecule has 5 nitrogen and oxygen atoms in total. The van der Waals surface area contributed by atoms with Crippen LogP contribution in [0.5, 0.6) is 0 Å². The van der Waals surface area contributed by atoms with Gasteiger partial charge in [-0.2, -0.15) is 5.10 Å². The third kappa shape index (κ3) is 3.35. The van der Waals surface area contributed by atoms with Crippen LogP contribution in [0.2, 0.25) is 0 Å². The molecule has 1 aromatic heterocycles. The van der Waals surface area contributed by atoms with Crippen molar-refractivity contribution in [2.75, 3.05) is 6.61 Å². The summed E-state index contributed by atoms with van der Waals surface area (Å²) in [5, 5.41) is 16.7. The summed E-state index contributed by atoms with van der Waals surface area (Å²) in [5.74, 6) is -0.0584. The second-order valence-electron chi connectivity index (χ2n) is 5.14. The normalized spacial score (nSPS) is 11.7. The number of aliphatic hydroxyl groups excluding tert-OH is 1. The molecule has 19 heavy (non-hydrogen) atoms. The standard InChI is InChI=1S/C14H25N3O2/c1-6-14(7-2,9-18)15-13(19)8-12-10(3)16-17(5)11(12)4/h18H,6-9H2,1-5H3,(H,15,19). The third-order valence-electron chi connectivity index (χ3n) is 4.06. The molecular weight excluding hydrogens is 242 g/mol. The molecule has 1 heterocycles. The molecule has 1 amide bonds. The van der Waals surface area contributed by atoms with E-state index in [9.17, 15) is 9.90 Å². The van der Waals surface area contributed by atoms with Crippen molar-refractivity contribution < 1.29 is 9.90 Å². The fourth-order valence-electron chi connectivity index (χ4n) is 2.26. The molecule has 0 spiro atoms. The summed E-state index contributed by atoms with van der Waals surface area (Å²) >= 11 is 0. The van der Waals surface area contributed by atoms with E-state index in [1.807, 2.05) is 34.7 Å². The van der Waals surface area contributed by atoms with Crippen LogP contribution in [-0.4, -0.2) is 32.9 Å². The van der Waals surface area contributed by atoms with E-state index in [1.165, 1.54) is 0 Å². The highest BCUT2D eigenvalue weighted by atomic mass is 16.3. The molecule has 0 saturated carbocycles. The van der Waals surface area contributed by atoms with Crippen molar-refractivity contribution >= 4 is 5.91 Å². The van der Waals surface area contributed by atoms with Crippen LogP contribution in [0.25, 0.3) is 0 Å². The molecule has 0 aliphatic heterocycles. The fourth-order valence-corrected chi connectivity index (χ4v) is 2.26. The average molecular weight is 267 g/mol. The van der Waals surface area contributed by atoms with Gasteiger partial charge in [-0.15, -0.1) is 0 Å².